The molecule has 0 bridgehead atoms. The van der Waals surface area contributed by atoms with E-state index in [0.717, 1.165) is 0 Å². The number of carbonyl (C=O) groups excluding carboxylic acids is 3. The predicted molar refractivity (Wildman–Crippen MR) is 86.0 cm³/mol. The summed E-state index contributed by atoms with van der Waals surface area (Å²) >= 11 is 1.28. The number of rotatable bonds is 6. The molecule has 0 unspecified atom stereocenters. The lowest BCUT2D eigenvalue weighted by molar-refractivity contribution is -0.125. The first kappa shape index (κ1) is 18.2. The number of Topliss-reactive ketones (excluding diaryl/α,β-unsaturated/α-hetero) is 1. The van der Waals surface area contributed by atoms with Gasteiger partial charge in [0.1, 0.15) is 5.78 Å². The molecule has 0 saturated carbocycles. The first-order valence-corrected chi connectivity index (χ1v) is 7.87. The third-order valence-electron chi connectivity index (χ3n) is 2.39. The van der Waals surface area contributed by atoms with E-state index in [2.05, 4.69) is 5.32 Å². The molecule has 0 aliphatic carbocycles. The summed E-state index contributed by atoms with van der Waals surface area (Å²) in [5.41, 5.74) is -0.0176. The van der Waals surface area contributed by atoms with Gasteiger partial charge in [-0.1, -0.05) is 12.1 Å². The van der Waals surface area contributed by atoms with Gasteiger partial charge in [0, 0.05) is 10.4 Å². The van der Waals surface area contributed by atoms with E-state index in [1.165, 1.54) is 18.7 Å². The normalized spacial score (nSPS) is 10.9. The summed E-state index contributed by atoms with van der Waals surface area (Å²) < 4.78 is 5.03. The fourth-order valence-electron chi connectivity index (χ4n) is 1.60. The van der Waals surface area contributed by atoms with E-state index in [1.807, 2.05) is 20.8 Å². The number of hydrogen-bond donors (Lipinski definition) is 1. The average molecular weight is 323 g/mol. The van der Waals surface area contributed by atoms with Gasteiger partial charge in [-0.2, -0.15) is 0 Å². The van der Waals surface area contributed by atoms with E-state index in [1.54, 1.807) is 24.3 Å². The second-order valence-electron chi connectivity index (χ2n) is 5.86. The Morgan fingerprint density at radius 3 is 2.41 bits per heavy atom. The number of carbonyl (C=O) groups is 3. The molecule has 0 saturated heterocycles. The van der Waals surface area contributed by atoms with Gasteiger partial charge in [-0.3, -0.25) is 9.59 Å². The molecule has 5 nitrogen and oxygen atoms in total. The van der Waals surface area contributed by atoms with Crippen molar-refractivity contribution in [2.75, 3.05) is 12.4 Å². The average Bonchev–Trinajstić information content (AvgIpc) is 2.41. The first-order valence-electron chi connectivity index (χ1n) is 6.88. The van der Waals surface area contributed by atoms with Gasteiger partial charge in [0.05, 0.1) is 11.3 Å². The number of benzene rings is 1. The molecular weight excluding hydrogens is 302 g/mol. The fourth-order valence-corrected chi connectivity index (χ4v) is 2.44. The van der Waals surface area contributed by atoms with Crippen LogP contribution in [0.25, 0.3) is 0 Å². The van der Waals surface area contributed by atoms with Crippen molar-refractivity contribution >= 4 is 29.4 Å². The van der Waals surface area contributed by atoms with Crippen LogP contribution in [0.3, 0.4) is 0 Å². The number of ketones is 1. The maximum Gasteiger partial charge on any atom is 0.339 e. The lowest BCUT2D eigenvalue weighted by Crippen LogP contribution is -2.42. The topological polar surface area (TPSA) is 72.5 Å². The second kappa shape index (κ2) is 7.98. The van der Waals surface area contributed by atoms with Crippen LogP contribution in [0.4, 0.5) is 0 Å². The molecule has 0 atom stereocenters. The first-order chi connectivity index (χ1) is 10.2. The maximum atomic E-state index is 12.1. The van der Waals surface area contributed by atoms with Crippen molar-refractivity contribution in [3.05, 3.63) is 29.8 Å². The third kappa shape index (κ3) is 6.76. The van der Waals surface area contributed by atoms with Crippen molar-refractivity contribution in [1.29, 1.82) is 0 Å². The minimum absolute atomic E-state index is 0.0257. The Balaban J connectivity index is 2.66. The third-order valence-corrected chi connectivity index (χ3v) is 3.60. The SMILES string of the molecule is CC(=O)CSc1ccccc1C(=O)OCC(=O)NC(C)(C)C. The highest BCUT2D eigenvalue weighted by atomic mass is 32.2. The Bertz CT molecular complexity index is 564. The van der Waals surface area contributed by atoms with Crippen LogP contribution >= 0.6 is 11.8 Å². The molecule has 0 aromatic heterocycles. The summed E-state index contributed by atoms with van der Waals surface area (Å²) in [6.45, 7) is 6.70. The Morgan fingerprint density at radius 2 is 1.82 bits per heavy atom. The van der Waals surface area contributed by atoms with E-state index in [0.29, 0.717) is 10.5 Å². The van der Waals surface area contributed by atoms with Gasteiger partial charge in [-0.05, 0) is 39.8 Å². The molecule has 0 aliphatic rings. The molecule has 1 aromatic rings. The number of amides is 1. The van der Waals surface area contributed by atoms with Crippen LogP contribution in [0.15, 0.2) is 29.2 Å². The van der Waals surface area contributed by atoms with Crippen LogP contribution in [0, 0.1) is 0 Å². The molecule has 0 fully saturated rings. The minimum atomic E-state index is -0.573. The van der Waals surface area contributed by atoms with Crippen molar-refractivity contribution < 1.29 is 19.1 Å². The monoisotopic (exact) mass is 323 g/mol. The summed E-state index contributed by atoms with van der Waals surface area (Å²) in [6.07, 6.45) is 0. The predicted octanol–water partition coefficient (Wildman–Crippen LogP) is 2.44. The molecule has 120 valence electrons. The molecule has 1 rings (SSSR count). The van der Waals surface area contributed by atoms with Gasteiger partial charge in [0.2, 0.25) is 0 Å². The highest BCUT2D eigenvalue weighted by Crippen LogP contribution is 2.23. The summed E-state index contributed by atoms with van der Waals surface area (Å²) in [5, 5.41) is 2.71. The smallest absolute Gasteiger partial charge is 0.339 e. The zero-order chi connectivity index (χ0) is 16.8. The summed E-state index contributed by atoms with van der Waals surface area (Å²) in [5.74, 6) is -0.613. The van der Waals surface area contributed by atoms with Gasteiger partial charge in [-0.25, -0.2) is 4.79 Å². The minimum Gasteiger partial charge on any atom is -0.452 e. The van der Waals surface area contributed by atoms with Crippen molar-refractivity contribution in [2.45, 2.75) is 38.1 Å². The molecular formula is C16H21NO4S. The van der Waals surface area contributed by atoms with E-state index < -0.39 is 5.97 Å². The van der Waals surface area contributed by atoms with Gasteiger partial charge >= 0.3 is 5.97 Å². The Labute approximate surface area is 134 Å². The number of esters is 1. The highest BCUT2D eigenvalue weighted by Gasteiger charge is 2.17. The number of thioether (sulfide) groups is 1. The zero-order valence-electron chi connectivity index (χ0n) is 13.3. The maximum absolute atomic E-state index is 12.1. The second-order valence-corrected chi connectivity index (χ2v) is 6.88. The van der Waals surface area contributed by atoms with Gasteiger partial charge in [0.25, 0.3) is 5.91 Å². The summed E-state index contributed by atoms with van der Waals surface area (Å²) in [7, 11) is 0. The lowest BCUT2D eigenvalue weighted by atomic mass is 10.1. The van der Waals surface area contributed by atoms with Crippen molar-refractivity contribution in [3.8, 4) is 0 Å². The number of ether oxygens (including phenoxy) is 1. The van der Waals surface area contributed by atoms with Gasteiger partial charge < -0.3 is 10.1 Å². The number of hydrogen-bond acceptors (Lipinski definition) is 5. The Morgan fingerprint density at radius 1 is 1.18 bits per heavy atom. The molecule has 1 N–H and O–H groups in total. The molecule has 6 heteroatoms. The standard InChI is InChI=1S/C16H21NO4S/c1-11(18)10-22-13-8-6-5-7-12(13)15(20)21-9-14(19)17-16(2,3)4/h5-8H,9-10H2,1-4H3,(H,17,19). The van der Waals surface area contributed by atoms with Crippen LogP contribution in [-0.4, -0.2) is 35.6 Å². The van der Waals surface area contributed by atoms with E-state index in [4.69, 9.17) is 4.74 Å². The lowest BCUT2D eigenvalue weighted by Gasteiger charge is -2.20. The van der Waals surface area contributed by atoms with Gasteiger partial charge in [0.15, 0.2) is 6.61 Å². The van der Waals surface area contributed by atoms with Crippen molar-refractivity contribution in [3.63, 3.8) is 0 Å². The number of nitrogens with one attached hydrogen (secondary N) is 1. The van der Waals surface area contributed by atoms with Crippen LogP contribution in [-0.2, 0) is 14.3 Å². The van der Waals surface area contributed by atoms with E-state index in [9.17, 15) is 14.4 Å². The Kier molecular flexibility index (Phi) is 6.61. The highest BCUT2D eigenvalue weighted by molar-refractivity contribution is 8.00. The van der Waals surface area contributed by atoms with E-state index in [-0.39, 0.29) is 29.6 Å². The Hall–Kier alpha value is -1.82. The fraction of sp³-hybridized carbons (Fsp3) is 0.438. The zero-order valence-corrected chi connectivity index (χ0v) is 14.1. The summed E-state index contributed by atoms with van der Waals surface area (Å²) in [6, 6.07) is 6.86. The van der Waals surface area contributed by atoms with Gasteiger partial charge in [-0.15, -0.1) is 11.8 Å². The van der Waals surface area contributed by atoms with E-state index >= 15 is 0 Å². The van der Waals surface area contributed by atoms with Crippen LogP contribution in [0.5, 0.6) is 0 Å². The molecule has 0 spiro atoms. The van der Waals surface area contributed by atoms with Crippen LogP contribution < -0.4 is 5.32 Å². The molecule has 0 heterocycles. The molecule has 0 aliphatic heterocycles. The van der Waals surface area contributed by atoms with Crippen LogP contribution in [0.1, 0.15) is 38.1 Å². The quantitative estimate of drug-likeness (QED) is 0.643. The molecule has 22 heavy (non-hydrogen) atoms. The molecule has 1 amide bonds. The van der Waals surface area contributed by atoms with Crippen LogP contribution in [0.2, 0.25) is 0 Å². The molecule has 1 aromatic carbocycles. The van der Waals surface area contributed by atoms with Crippen molar-refractivity contribution in [1.82, 2.24) is 5.32 Å². The molecule has 0 radical (unpaired) electrons. The largest absolute Gasteiger partial charge is 0.452 e. The summed E-state index contributed by atoms with van der Waals surface area (Å²) in [4.78, 5) is 35.5. The van der Waals surface area contributed by atoms with Crippen molar-refractivity contribution in [2.24, 2.45) is 0 Å².